The second-order valence-electron chi connectivity index (χ2n) is 7.25. The van der Waals surface area contributed by atoms with Crippen LogP contribution >= 0.6 is 11.6 Å². The number of halogens is 1. The highest BCUT2D eigenvalue weighted by Gasteiger charge is 2.29. The molecule has 0 spiro atoms. The Bertz CT molecular complexity index is 1110. The number of carbonyl (C=O) groups is 2. The Kier molecular flexibility index (Phi) is 8.06. The number of ether oxygens (including phenoxy) is 2. The van der Waals surface area contributed by atoms with Gasteiger partial charge in [0, 0.05) is 29.8 Å². The van der Waals surface area contributed by atoms with Crippen molar-refractivity contribution in [3.05, 3.63) is 64.7 Å². The van der Waals surface area contributed by atoms with Crippen molar-refractivity contribution in [2.75, 3.05) is 26.8 Å². The number of hydrogen-bond acceptors (Lipinski definition) is 6. The van der Waals surface area contributed by atoms with Crippen LogP contribution in [0.15, 0.2) is 53.4 Å². The summed E-state index contributed by atoms with van der Waals surface area (Å²) in [7, 11) is -2.31. The van der Waals surface area contributed by atoms with Gasteiger partial charge < -0.3 is 9.47 Å². The third-order valence-electron chi connectivity index (χ3n) is 5.04. The molecule has 7 nitrogen and oxygen atoms in total. The fourth-order valence-corrected chi connectivity index (χ4v) is 5.14. The summed E-state index contributed by atoms with van der Waals surface area (Å²) < 4.78 is 37.8. The molecule has 0 amide bonds. The van der Waals surface area contributed by atoms with Crippen molar-refractivity contribution in [3.63, 3.8) is 0 Å². The van der Waals surface area contributed by atoms with E-state index in [2.05, 4.69) is 0 Å². The first-order valence-electron chi connectivity index (χ1n) is 10.1. The van der Waals surface area contributed by atoms with Crippen LogP contribution in [0.1, 0.15) is 35.2 Å². The summed E-state index contributed by atoms with van der Waals surface area (Å²) in [6.07, 6.45) is 5.23. The molecule has 1 saturated heterocycles. The molecular weight excluding hydrogens is 454 g/mol. The topological polar surface area (TPSA) is 90.0 Å². The molecule has 0 aliphatic carbocycles. The summed E-state index contributed by atoms with van der Waals surface area (Å²) in [5.74, 6) is -0.838. The van der Waals surface area contributed by atoms with E-state index in [1.807, 2.05) is 0 Å². The van der Waals surface area contributed by atoms with Gasteiger partial charge in [0.05, 0.1) is 7.11 Å². The van der Waals surface area contributed by atoms with Crippen LogP contribution in [0.3, 0.4) is 0 Å². The SMILES string of the molecule is COc1ccc(C=CC(=O)OCC(=O)c2ccc(Cl)cc2)cc1S(=O)(=O)N1CCCCC1. The van der Waals surface area contributed by atoms with Crippen LogP contribution in [0.2, 0.25) is 5.02 Å². The number of nitrogens with zero attached hydrogens (tertiary/aromatic N) is 1. The van der Waals surface area contributed by atoms with E-state index in [9.17, 15) is 18.0 Å². The van der Waals surface area contributed by atoms with Crippen LogP contribution in [0.25, 0.3) is 6.08 Å². The molecule has 0 bridgehead atoms. The molecule has 1 fully saturated rings. The lowest BCUT2D eigenvalue weighted by atomic mass is 10.1. The Morgan fingerprint density at radius 3 is 2.41 bits per heavy atom. The summed E-state index contributed by atoms with van der Waals surface area (Å²) in [5.41, 5.74) is 0.872. The van der Waals surface area contributed by atoms with Gasteiger partial charge in [-0.25, -0.2) is 13.2 Å². The minimum Gasteiger partial charge on any atom is -0.495 e. The number of ketones is 1. The second-order valence-corrected chi connectivity index (χ2v) is 9.59. The van der Waals surface area contributed by atoms with Gasteiger partial charge in [-0.05, 0) is 60.9 Å². The molecule has 3 rings (SSSR count). The third-order valence-corrected chi connectivity index (χ3v) is 7.22. The van der Waals surface area contributed by atoms with E-state index in [0.717, 1.165) is 25.3 Å². The Labute approximate surface area is 192 Å². The normalized spacial score (nSPS) is 14.9. The first kappa shape index (κ1) is 24.0. The molecule has 1 aliphatic rings. The number of carbonyl (C=O) groups excluding carboxylic acids is 2. The van der Waals surface area contributed by atoms with E-state index in [-0.39, 0.29) is 16.4 Å². The molecule has 9 heteroatoms. The van der Waals surface area contributed by atoms with Crippen molar-refractivity contribution in [2.24, 2.45) is 0 Å². The summed E-state index contributed by atoms with van der Waals surface area (Å²) in [6, 6.07) is 10.9. The maximum atomic E-state index is 13.1. The maximum absolute atomic E-state index is 13.1. The number of piperidine rings is 1. The molecule has 0 radical (unpaired) electrons. The van der Waals surface area contributed by atoms with Gasteiger partial charge in [-0.3, -0.25) is 4.79 Å². The number of esters is 1. The third kappa shape index (κ3) is 5.97. The monoisotopic (exact) mass is 477 g/mol. The van der Waals surface area contributed by atoms with Gasteiger partial charge in [-0.2, -0.15) is 4.31 Å². The first-order chi connectivity index (χ1) is 15.3. The van der Waals surface area contributed by atoms with Gasteiger partial charge in [-0.1, -0.05) is 24.1 Å². The zero-order valence-electron chi connectivity index (χ0n) is 17.6. The predicted octanol–water partition coefficient (Wildman–Crippen LogP) is 3.96. The molecule has 0 atom stereocenters. The molecule has 170 valence electrons. The Morgan fingerprint density at radius 1 is 1.06 bits per heavy atom. The number of sulfonamides is 1. The van der Waals surface area contributed by atoms with Crippen molar-refractivity contribution in [3.8, 4) is 5.75 Å². The van der Waals surface area contributed by atoms with Crippen LogP contribution < -0.4 is 4.74 Å². The van der Waals surface area contributed by atoms with E-state index in [0.29, 0.717) is 29.2 Å². The minimum atomic E-state index is -3.72. The van der Waals surface area contributed by atoms with Crippen LogP contribution in [-0.2, 0) is 19.6 Å². The fraction of sp³-hybridized carbons (Fsp3) is 0.304. The van der Waals surface area contributed by atoms with Crippen molar-refractivity contribution in [1.29, 1.82) is 0 Å². The summed E-state index contributed by atoms with van der Waals surface area (Å²) in [5, 5.41) is 0.502. The number of Topliss-reactive ketones (excluding diaryl/α,β-unsaturated/α-hetero) is 1. The highest BCUT2D eigenvalue weighted by atomic mass is 35.5. The van der Waals surface area contributed by atoms with E-state index in [1.165, 1.54) is 23.6 Å². The summed E-state index contributed by atoms with van der Waals surface area (Å²) in [6.45, 7) is 0.529. The van der Waals surface area contributed by atoms with Crippen molar-refractivity contribution < 1.29 is 27.5 Å². The highest BCUT2D eigenvalue weighted by molar-refractivity contribution is 7.89. The van der Waals surface area contributed by atoms with Crippen LogP contribution in [0.5, 0.6) is 5.75 Å². The van der Waals surface area contributed by atoms with Gasteiger partial charge in [0.1, 0.15) is 10.6 Å². The molecule has 32 heavy (non-hydrogen) atoms. The lowest BCUT2D eigenvalue weighted by molar-refractivity contribution is -0.136. The Balaban J connectivity index is 1.68. The molecule has 1 heterocycles. The zero-order valence-corrected chi connectivity index (χ0v) is 19.2. The van der Waals surface area contributed by atoms with Gasteiger partial charge in [0.25, 0.3) is 0 Å². The Hall–Kier alpha value is -2.68. The first-order valence-corrected chi connectivity index (χ1v) is 11.9. The fourth-order valence-electron chi connectivity index (χ4n) is 3.31. The highest BCUT2D eigenvalue weighted by Crippen LogP contribution is 2.30. The second kappa shape index (κ2) is 10.8. The Morgan fingerprint density at radius 2 is 1.75 bits per heavy atom. The van der Waals surface area contributed by atoms with Crippen LogP contribution in [0.4, 0.5) is 0 Å². The van der Waals surface area contributed by atoms with Crippen molar-refractivity contribution in [2.45, 2.75) is 24.2 Å². The number of hydrogen-bond donors (Lipinski definition) is 0. The molecule has 0 saturated carbocycles. The quantitative estimate of drug-likeness (QED) is 0.325. The number of benzene rings is 2. The van der Waals surface area contributed by atoms with Crippen LogP contribution in [-0.4, -0.2) is 51.3 Å². The zero-order chi connectivity index (χ0) is 23.1. The van der Waals surface area contributed by atoms with Crippen molar-refractivity contribution in [1.82, 2.24) is 4.31 Å². The largest absolute Gasteiger partial charge is 0.495 e. The summed E-state index contributed by atoms with van der Waals surface area (Å²) >= 11 is 5.79. The molecule has 0 N–H and O–H groups in total. The van der Waals surface area contributed by atoms with Crippen molar-refractivity contribution >= 4 is 39.5 Å². The smallest absolute Gasteiger partial charge is 0.331 e. The van der Waals surface area contributed by atoms with Gasteiger partial charge >= 0.3 is 5.97 Å². The van der Waals surface area contributed by atoms with Gasteiger partial charge in [-0.15, -0.1) is 0 Å². The maximum Gasteiger partial charge on any atom is 0.331 e. The molecule has 0 unspecified atom stereocenters. The van der Waals surface area contributed by atoms with E-state index >= 15 is 0 Å². The molecule has 1 aliphatic heterocycles. The van der Waals surface area contributed by atoms with Gasteiger partial charge in [0.15, 0.2) is 12.4 Å². The van der Waals surface area contributed by atoms with Gasteiger partial charge in [0.2, 0.25) is 10.0 Å². The predicted molar refractivity (Wildman–Crippen MR) is 121 cm³/mol. The lowest BCUT2D eigenvalue weighted by Crippen LogP contribution is -2.35. The average Bonchev–Trinajstić information content (AvgIpc) is 2.82. The summed E-state index contributed by atoms with van der Waals surface area (Å²) in [4.78, 5) is 24.2. The number of methoxy groups -OCH3 is 1. The molecule has 2 aromatic rings. The van der Waals surface area contributed by atoms with Crippen LogP contribution in [0, 0.1) is 0 Å². The lowest BCUT2D eigenvalue weighted by Gasteiger charge is -2.26. The van der Waals surface area contributed by atoms with E-state index < -0.39 is 22.6 Å². The average molecular weight is 478 g/mol. The number of rotatable bonds is 8. The molecule has 2 aromatic carbocycles. The van der Waals surface area contributed by atoms with E-state index in [1.54, 1.807) is 36.4 Å². The van der Waals surface area contributed by atoms with E-state index in [4.69, 9.17) is 21.1 Å². The standard InChI is InChI=1S/C23H24ClNO6S/c1-30-21-11-5-17(15-22(21)32(28,29)25-13-3-2-4-14-25)6-12-23(27)31-16-20(26)18-7-9-19(24)10-8-18/h5-12,15H,2-4,13-14,16H2,1H3. The molecular formula is C23H24ClNO6S. The minimum absolute atomic E-state index is 0.0512. The molecule has 0 aromatic heterocycles.